The van der Waals surface area contributed by atoms with Crippen molar-refractivity contribution < 1.29 is 10.8 Å². The Bertz CT molecular complexity index is 12.4. The van der Waals surface area contributed by atoms with Crippen LogP contribution >= 0.6 is 11.6 Å². The summed E-state index contributed by atoms with van der Waals surface area (Å²) in [4.78, 5) is 0. The number of hydrogen-bond donors (Lipinski definition) is 0. The second-order valence-electron chi connectivity index (χ2n) is 0.557. The third-order valence-corrected chi connectivity index (χ3v) is 1.21. The molecule has 0 radical (unpaired) electrons. The van der Waals surface area contributed by atoms with E-state index in [-0.39, 0.29) is 0 Å². The summed E-state index contributed by atoms with van der Waals surface area (Å²) < 4.78 is 0. The molecule has 0 saturated heterocycles. The van der Waals surface area contributed by atoms with E-state index in [1.807, 2.05) is 0 Å². The number of alkyl halides is 3. The van der Waals surface area contributed by atoms with E-state index in [0.29, 0.717) is 5.34 Å². The molecule has 0 saturated carbocycles. The molecule has 0 aromatic rings. The highest BCUT2D eigenvalue weighted by molar-refractivity contribution is 6.16. The zero-order valence-electron chi connectivity index (χ0n) is 3.17. The highest BCUT2D eigenvalue weighted by Crippen LogP contribution is 1.75. The lowest BCUT2D eigenvalue weighted by Crippen LogP contribution is -1.79. The summed E-state index contributed by atoms with van der Waals surface area (Å²) in [5.41, 5.74) is 0. The molecule has 2 heteroatoms. The number of halogens is 2. The molecule has 0 N–H and O–H groups in total. The normalized spacial score (nSPS) is 8.40. The average molecular weight is 114 g/mol. The van der Waals surface area contributed by atoms with E-state index in [1.165, 1.54) is 0 Å². The van der Waals surface area contributed by atoms with Crippen molar-refractivity contribution in [3.63, 3.8) is 0 Å². The third kappa shape index (κ3) is 4.58. The minimum absolute atomic E-state index is 0.677. The van der Waals surface area contributed by atoms with Gasteiger partial charge in [-0.05, 0) is 6.92 Å². The van der Waals surface area contributed by atoms with Crippen molar-refractivity contribution in [2.75, 3.05) is 11.2 Å². The molecule has 0 fully saturated rings. The van der Waals surface area contributed by atoms with Crippen LogP contribution in [0.2, 0.25) is 0 Å². The molecule has 0 amide bonds. The fourth-order valence-corrected chi connectivity index (χ4v) is 0.643. The highest BCUT2D eigenvalue weighted by Gasteiger charge is 1.88. The van der Waals surface area contributed by atoms with Crippen molar-refractivity contribution in [2.24, 2.45) is 0 Å². The van der Waals surface area contributed by atoms with Gasteiger partial charge in [-0.25, -0.2) is 0 Å². The van der Waals surface area contributed by atoms with Crippen LogP contribution in [0.5, 0.6) is 0 Å². The molecule has 0 aliphatic carbocycles. The zero-order valence-corrected chi connectivity index (χ0v) is 4.68. The summed E-state index contributed by atoms with van der Waals surface area (Å²) in [5.74, 6) is 1.07. The quantitative estimate of drug-likeness (QED) is 0.474. The molecule has 0 nitrogen and oxygen atoms in total. The summed E-state index contributed by atoms with van der Waals surface area (Å²) in [6, 6.07) is 0. The van der Waals surface area contributed by atoms with E-state index < -0.39 is 0 Å². The van der Waals surface area contributed by atoms with Gasteiger partial charge in [0.2, 0.25) is 5.34 Å². The van der Waals surface area contributed by atoms with Crippen LogP contribution in [0, 0.1) is 10.8 Å². The predicted octanol–water partition coefficient (Wildman–Crippen LogP) is 1.29. The lowest BCUT2D eigenvalue weighted by atomic mass is 11.0. The Morgan fingerprint density at radius 2 is 2.40 bits per heavy atom. The van der Waals surface area contributed by atoms with E-state index >= 15 is 0 Å². The van der Waals surface area contributed by atoms with Crippen LogP contribution in [-0.2, 0) is 0 Å². The standard InChI is InChI=1S/C3H7Cl2/c1-2-5-3-4/h2-3H2,1H3/q+1. The van der Waals surface area contributed by atoms with Gasteiger partial charge in [0.15, 0.2) is 5.88 Å². The van der Waals surface area contributed by atoms with Gasteiger partial charge in [-0.1, -0.05) is 11.6 Å². The molecule has 0 unspecified atom stereocenters. The lowest BCUT2D eigenvalue weighted by molar-refractivity contribution is -0.635. The fraction of sp³-hybridized carbons (Fsp3) is 1.00. The van der Waals surface area contributed by atoms with E-state index in [1.54, 1.807) is 0 Å². The number of rotatable bonds is 2. The Morgan fingerprint density at radius 3 is 2.40 bits per heavy atom. The molecule has 0 bridgehead atoms. The minimum atomic E-state index is 0.677. The summed E-state index contributed by atoms with van der Waals surface area (Å²) in [5, 5.41) is 0.677. The first-order valence-electron chi connectivity index (χ1n) is 1.51. The van der Waals surface area contributed by atoms with E-state index in [0.717, 1.165) is 5.88 Å². The van der Waals surface area contributed by atoms with Crippen molar-refractivity contribution in [1.29, 1.82) is 0 Å². The van der Waals surface area contributed by atoms with Gasteiger partial charge in [-0.3, -0.25) is 0 Å². The van der Waals surface area contributed by atoms with Crippen LogP contribution in [0.15, 0.2) is 0 Å². The van der Waals surface area contributed by atoms with Gasteiger partial charge < -0.3 is 0 Å². The van der Waals surface area contributed by atoms with Crippen molar-refractivity contribution in [3.05, 3.63) is 0 Å². The fourth-order valence-electron chi connectivity index (χ4n) is 0.0714. The van der Waals surface area contributed by atoms with Crippen LogP contribution in [0.3, 0.4) is 0 Å². The molecular weight excluding hydrogens is 107 g/mol. The minimum Gasteiger partial charge on any atom is -0.0568 e. The topological polar surface area (TPSA) is 0 Å². The lowest BCUT2D eigenvalue weighted by Gasteiger charge is -1.59. The van der Waals surface area contributed by atoms with Gasteiger partial charge >= 0.3 is 0 Å². The summed E-state index contributed by atoms with van der Waals surface area (Å²) in [6.45, 7) is 2.07. The van der Waals surface area contributed by atoms with Gasteiger partial charge in [0.25, 0.3) is 0 Å². The van der Waals surface area contributed by atoms with Crippen LogP contribution in [0.4, 0.5) is 0 Å². The molecule has 0 heterocycles. The molecule has 0 aliphatic rings. The monoisotopic (exact) mass is 113 g/mol. The number of hydrogen-bond acceptors (Lipinski definition) is 0. The van der Waals surface area contributed by atoms with Gasteiger partial charge in [0.1, 0.15) is 10.8 Å². The van der Waals surface area contributed by atoms with E-state index in [4.69, 9.17) is 11.6 Å². The largest absolute Gasteiger partial charge is 0.245 e. The van der Waals surface area contributed by atoms with Crippen LogP contribution in [0.25, 0.3) is 0 Å². The second kappa shape index (κ2) is 4.58. The van der Waals surface area contributed by atoms with Crippen LogP contribution in [0.1, 0.15) is 6.92 Å². The molecule has 0 aromatic heterocycles. The maximum absolute atomic E-state index is 5.24. The molecular formula is C3H7Cl2+. The summed E-state index contributed by atoms with van der Waals surface area (Å²) >= 11 is 5.24. The van der Waals surface area contributed by atoms with Crippen LogP contribution < -0.4 is 0 Å². The predicted molar refractivity (Wildman–Crippen MR) is 21.3 cm³/mol. The van der Waals surface area contributed by atoms with Gasteiger partial charge in [-0.2, -0.15) is 0 Å². The second-order valence-corrected chi connectivity index (χ2v) is 2.28. The van der Waals surface area contributed by atoms with Gasteiger partial charge in [0.05, 0.1) is 0 Å². The molecule has 5 heavy (non-hydrogen) atoms. The first kappa shape index (κ1) is 5.58. The van der Waals surface area contributed by atoms with E-state index in [9.17, 15) is 0 Å². The van der Waals surface area contributed by atoms with Crippen molar-refractivity contribution in [1.82, 2.24) is 0 Å². The van der Waals surface area contributed by atoms with Crippen molar-refractivity contribution in [2.45, 2.75) is 6.92 Å². The Kier molecular flexibility index (Phi) is 5.11. The third-order valence-electron chi connectivity index (χ3n) is 0.260. The first-order valence-corrected chi connectivity index (χ1v) is 3.11. The van der Waals surface area contributed by atoms with Crippen molar-refractivity contribution in [3.8, 4) is 0 Å². The van der Waals surface area contributed by atoms with E-state index in [2.05, 4.69) is 17.7 Å². The maximum atomic E-state index is 5.24. The molecule has 0 spiro atoms. The summed E-state index contributed by atoms with van der Waals surface area (Å²) in [7, 11) is 2.11. The van der Waals surface area contributed by atoms with Crippen LogP contribution in [-0.4, -0.2) is 11.2 Å². The zero-order chi connectivity index (χ0) is 4.12. The Labute approximate surface area is 41.2 Å². The molecule has 0 aliphatic heterocycles. The summed E-state index contributed by atoms with van der Waals surface area (Å²) in [6.07, 6.45) is 0. The smallest absolute Gasteiger partial charge is 0.0568 e. The SMILES string of the molecule is CC[Cl+]CCl. The van der Waals surface area contributed by atoms with Crippen molar-refractivity contribution >= 4 is 11.6 Å². The molecule has 0 aromatic carbocycles. The Hall–Kier alpha value is 0.580. The molecule has 0 rings (SSSR count). The Balaban J connectivity index is 2.19. The molecule has 32 valence electrons. The molecule has 0 atom stereocenters. The highest BCUT2D eigenvalue weighted by atomic mass is 35.6. The average Bonchev–Trinajstić information content (AvgIpc) is 1.41. The first-order chi connectivity index (χ1) is 2.41. The van der Waals surface area contributed by atoms with Gasteiger partial charge in [-0.15, -0.1) is 0 Å². The maximum Gasteiger partial charge on any atom is 0.245 e. The Morgan fingerprint density at radius 1 is 1.80 bits per heavy atom. The van der Waals surface area contributed by atoms with Gasteiger partial charge in [0, 0.05) is 0 Å².